The Morgan fingerprint density at radius 1 is 1.43 bits per heavy atom. The molecule has 0 bridgehead atoms. The van der Waals surface area contributed by atoms with Crippen molar-refractivity contribution in [3.63, 3.8) is 0 Å². The molecule has 1 saturated heterocycles. The third kappa shape index (κ3) is 5.78. The molecular weight excluding hydrogens is 311 g/mol. The van der Waals surface area contributed by atoms with Crippen LogP contribution in [0.25, 0.3) is 0 Å². The Hall–Kier alpha value is -1.70. The van der Waals surface area contributed by atoms with Crippen molar-refractivity contribution >= 4 is 5.91 Å². The van der Waals surface area contributed by atoms with E-state index in [9.17, 15) is 18.0 Å². The number of halogens is 3. The molecule has 1 atom stereocenters. The first-order chi connectivity index (χ1) is 10.8. The second-order valence-corrected chi connectivity index (χ2v) is 5.70. The molecule has 1 fully saturated rings. The highest BCUT2D eigenvalue weighted by atomic mass is 19.4. The molecule has 0 saturated carbocycles. The van der Waals surface area contributed by atoms with Gasteiger partial charge in [-0.1, -0.05) is 0 Å². The molecule has 1 aliphatic rings. The molecule has 1 amide bonds. The van der Waals surface area contributed by atoms with Crippen molar-refractivity contribution in [2.75, 3.05) is 19.8 Å². The van der Waals surface area contributed by atoms with Gasteiger partial charge in [0.25, 0.3) is 0 Å². The van der Waals surface area contributed by atoms with Crippen LogP contribution in [0.4, 0.5) is 13.2 Å². The zero-order valence-electron chi connectivity index (χ0n) is 12.9. The van der Waals surface area contributed by atoms with Gasteiger partial charge in [-0.3, -0.25) is 4.79 Å². The van der Waals surface area contributed by atoms with E-state index in [2.05, 4.69) is 15.3 Å². The number of aromatic nitrogens is 2. The molecule has 0 aromatic carbocycles. The Morgan fingerprint density at radius 2 is 2.22 bits per heavy atom. The van der Waals surface area contributed by atoms with Crippen LogP contribution in [0.3, 0.4) is 0 Å². The molecular formula is C15H20F3N3O2. The summed E-state index contributed by atoms with van der Waals surface area (Å²) in [5, 5.41) is 2.70. The molecule has 0 unspecified atom stereocenters. The highest BCUT2D eigenvalue weighted by molar-refractivity contribution is 5.76. The maximum atomic E-state index is 12.7. The molecule has 2 heterocycles. The molecule has 5 nitrogen and oxygen atoms in total. The number of hydrogen-bond donors (Lipinski definition) is 1. The van der Waals surface area contributed by atoms with Gasteiger partial charge in [-0.05, 0) is 31.7 Å². The minimum Gasteiger partial charge on any atom is -0.381 e. The number of carbonyl (C=O) groups excluding carboxylic acids is 1. The first kappa shape index (κ1) is 17.7. The molecule has 8 heteroatoms. The maximum absolute atomic E-state index is 12.7. The lowest BCUT2D eigenvalue weighted by atomic mass is 9.98. The van der Waals surface area contributed by atoms with Crippen molar-refractivity contribution in [1.82, 2.24) is 15.3 Å². The van der Waals surface area contributed by atoms with E-state index >= 15 is 0 Å². The van der Waals surface area contributed by atoms with Crippen molar-refractivity contribution in [1.29, 1.82) is 0 Å². The number of hydrogen-bond acceptors (Lipinski definition) is 4. The summed E-state index contributed by atoms with van der Waals surface area (Å²) in [5.41, 5.74) is -0.696. The SMILES string of the molecule is Cc1cc(C(F)(F)F)nc(CCNC(=O)C[C@H]2CCCOC2)n1. The molecule has 0 radical (unpaired) electrons. The summed E-state index contributed by atoms with van der Waals surface area (Å²) in [7, 11) is 0. The van der Waals surface area contributed by atoms with E-state index in [1.54, 1.807) is 0 Å². The number of ether oxygens (including phenoxy) is 1. The Morgan fingerprint density at radius 3 is 2.87 bits per heavy atom. The van der Waals surface area contributed by atoms with Crippen LogP contribution in [0.2, 0.25) is 0 Å². The van der Waals surface area contributed by atoms with E-state index in [0.717, 1.165) is 25.5 Å². The normalized spacial score (nSPS) is 18.7. The van der Waals surface area contributed by atoms with Crippen LogP contribution in [0.15, 0.2) is 6.07 Å². The predicted octanol–water partition coefficient (Wildman–Crippen LogP) is 2.28. The molecule has 23 heavy (non-hydrogen) atoms. The van der Waals surface area contributed by atoms with Gasteiger partial charge in [-0.2, -0.15) is 13.2 Å². The smallest absolute Gasteiger partial charge is 0.381 e. The number of aryl methyl sites for hydroxylation is 1. The van der Waals surface area contributed by atoms with Gasteiger partial charge in [0.2, 0.25) is 5.91 Å². The Balaban J connectivity index is 1.81. The van der Waals surface area contributed by atoms with Crippen LogP contribution in [0, 0.1) is 12.8 Å². The number of alkyl halides is 3. The molecule has 1 N–H and O–H groups in total. The average Bonchev–Trinajstić information content (AvgIpc) is 2.47. The molecule has 1 aromatic heterocycles. The largest absolute Gasteiger partial charge is 0.433 e. The van der Waals surface area contributed by atoms with Gasteiger partial charge in [0.05, 0.1) is 0 Å². The van der Waals surface area contributed by atoms with E-state index in [1.807, 2.05) is 0 Å². The van der Waals surface area contributed by atoms with E-state index < -0.39 is 11.9 Å². The summed E-state index contributed by atoms with van der Waals surface area (Å²) in [6.45, 7) is 3.03. The van der Waals surface area contributed by atoms with Gasteiger partial charge < -0.3 is 10.1 Å². The summed E-state index contributed by atoms with van der Waals surface area (Å²) in [6.07, 6.45) is -2.04. The average molecular weight is 331 g/mol. The fourth-order valence-corrected chi connectivity index (χ4v) is 2.50. The van der Waals surface area contributed by atoms with E-state index in [1.165, 1.54) is 6.92 Å². The molecule has 128 valence electrons. The molecule has 0 spiro atoms. The monoisotopic (exact) mass is 331 g/mol. The summed E-state index contributed by atoms with van der Waals surface area (Å²) < 4.78 is 43.4. The first-order valence-corrected chi connectivity index (χ1v) is 7.61. The zero-order chi connectivity index (χ0) is 16.9. The minimum atomic E-state index is -4.49. The molecule has 1 aliphatic heterocycles. The van der Waals surface area contributed by atoms with Crippen molar-refractivity contribution in [3.8, 4) is 0 Å². The van der Waals surface area contributed by atoms with E-state index in [-0.39, 0.29) is 36.3 Å². The highest BCUT2D eigenvalue weighted by Gasteiger charge is 2.33. The van der Waals surface area contributed by atoms with Crippen LogP contribution >= 0.6 is 0 Å². The van der Waals surface area contributed by atoms with Crippen LogP contribution in [-0.4, -0.2) is 35.6 Å². The van der Waals surface area contributed by atoms with Crippen LogP contribution < -0.4 is 5.32 Å². The molecule has 1 aromatic rings. The first-order valence-electron chi connectivity index (χ1n) is 7.61. The van der Waals surface area contributed by atoms with Gasteiger partial charge in [0.1, 0.15) is 11.5 Å². The number of carbonyl (C=O) groups is 1. The molecule has 0 aliphatic carbocycles. The van der Waals surface area contributed by atoms with Gasteiger partial charge >= 0.3 is 6.18 Å². The van der Waals surface area contributed by atoms with Gasteiger partial charge in [-0.25, -0.2) is 9.97 Å². The number of nitrogens with one attached hydrogen (secondary N) is 1. The van der Waals surface area contributed by atoms with Gasteiger partial charge in [0, 0.05) is 38.3 Å². The lowest BCUT2D eigenvalue weighted by Gasteiger charge is -2.21. The van der Waals surface area contributed by atoms with Crippen LogP contribution in [-0.2, 0) is 22.1 Å². The maximum Gasteiger partial charge on any atom is 0.433 e. The topological polar surface area (TPSA) is 64.1 Å². The minimum absolute atomic E-state index is 0.0821. The van der Waals surface area contributed by atoms with Crippen molar-refractivity contribution in [3.05, 3.63) is 23.3 Å². The highest BCUT2D eigenvalue weighted by Crippen LogP contribution is 2.27. The fourth-order valence-electron chi connectivity index (χ4n) is 2.50. The second-order valence-electron chi connectivity index (χ2n) is 5.70. The number of amides is 1. The fraction of sp³-hybridized carbons (Fsp3) is 0.667. The lowest BCUT2D eigenvalue weighted by molar-refractivity contribution is -0.141. The Kier molecular flexibility index (Phi) is 5.92. The van der Waals surface area contributed by atoms with Crippen molar-refractivity contribution < 1.29 is 22.7 Å². The van der Waals surface area contributed by atoms with Crippen molar-refractivity contribution in [2.45, 2.75) is 38.8 Å². The Labute approximate surface area is 132 Å². The van der Waals surface area contributed by atoms with E-state index in [4.69, 9.17) is 4.74 Å². The summed E-state index contributed by atoms with van der Waals surface area (Å²) in [4.78, 5) is 19.3. The number of nitrogens with zero attached hydrogens (tertiary/aromatic N) is 2. The second kappa shape index (κ2) is 7.72. The lowest BCUT2D eigenvalue weighted by Crippen LogP contribution is -2.30. The van der Waals surface area contributed by atoms with Gasteiger partial charge in [-0.15, -0.1) is 0 Å². The number of rotatable bonds is 5. The van der Waals surface area contributed by atoms with Gasteiger partial charge in [0.15, 0.2) is 0 Å². The Bertz CT molecular complexity index is 543. The molecule has 2 rings (SSSR count). The summed E-state index contributed by atoms with van der Waals surface area (Å²) in [5.74, 6) is 0.179. The third-order valence-corrected chi connectivity index (χ3v) is 3.59. The van der Waals surface area contributed by atoms with E-state index in [0.29, 0.717) is 13.0 Å². The predicted molar refractivity (Wildman–Crippen MR) is 76.6 cm³/mol. The zero-order valence-corrected chi connectivity index (χ0v) is 12.9. The van der Waals surface area contributed by atoms with Crippen LogP contribution in [0.1, 0.15) is 36.5 Å². The summed E-state index contributed by atoms with van der Waals surface area (Å²) in [6, 6.07) is 0.908. The standard InChI is InChI=1S/C15H20F3N3O2/c1-10-7-12(15(16,17)18)21-13(20-10)4-5-19-14(22)8-11-3-2-6-23-9-11/h7,11H,2-6,8-9H2,1H3,(H,19,22)/t11-/m1/s1. The third-order valence-electron chi connectivity index (χ3n) is 3.59. The van der Waals surface area contributed by atoms with Crippen molar-refractivity contribution in [2.24, 2.45) is 5.92 Å². The van der Waals surface area contributed by atoms with Crippen LogP contribution in [0.5, 0.6) is 0 Å². The quantitative estimate of drug-likeness (QED) is 0.899. The summed E-state index contributed by atoms with van der Waals surface area (Å²) >= 11 is 0.